The molecule has 1 N–H and O–H groups in total. The molecule has 168 valence electrons. The summed E-state index contributed by atoms with van der Waals surface area (Å²) in [5.41, 5.74) is 3.89. The highest BCUT2D eigenvalue weighted by atomic mass is 19.1. The maximum absolute atomic E-state index is 13.4. The predicted octanol–water partition coefficient (Wildman–Crippen LogP) is 4.69. The Bertz CT molecular complexity index is 1060. The van der Waals surface area contributed by atoms with Gasteiger partial charge in [0, 0.05) is 30.8 Å². The molecular formula is C25H28FN3O3. The molecule has 1 aliphatic heterocycles. The first-order valence-electron chi connectivity index (χ1n) is 10.7. The van der Waals surface area contributed by atoms with E-state index < -0.39 is 0 Å². The molecule has 0 spiro atoms. The minimum atomic E-state index is -0.257. The van der Waals surface area contributed by atoms with Gasteiger partial charge in [0.05, 0.1) is 19.9 Å². The lowest BCUT2D eigenvalue weighted by Gasteiger charge is -2.33. The van der Waals surface area contributed by atoms with Crippen LogP contribution in [0.5, 0.6) is 17.2 Å². The minimum Gasteiger partial charge on any atom is -0.502 e. The molecule has 2 aromatic carbocycles. The van der Waals surface area contributed by atoms with Crippen LogP contribution in [0.1, 0.15) is 35.8 Å². The number of likely N-dealkylation sites (tertiary alicyclic amines) is 1. The van der Waals surface area contributed by atoms with Crippen LogP contribution in [0.15, 0.2) is 42.6 Å². The third-order valence-corrected chi connectivity index (χ3v) is 5.93. The standard InChI is InChI=1S/C25H28FN3O3/c1-16-27-13-21(18-6-8-20(26)9-7-18)24(28-16)19-5-4-10-29(15-19)14-17-11-22(31-2)25(30)23(12-17)32-3/h6-9,11-13,19,30H,4-5,10,14-15H2,1-3H3/t19-/m0/s1. The number of halogens is 1. The second-order valence-electron chi connectivity index (χ2n) is 8.15. The molecule has 1 saturated heterocycles. The second-order valence-corrected chi connectivity index (χ2v) is 8.15. The molecule has 7 heteroatoms. The monoisotopic (exact) mass is 437 g/mol. The van der Waals surface area contributed by atoms with Crippen molar-refractivity contribution in [3.8, 4) is 28.4 Å². The van der Waals surface area contributed by atoms with Gasteiger partial charge in [0.2, 0.25) is 5.75 Å². The Morgan fingerprint density at radius 1 is 1.12 bits per heavy atom. The molecule has 0 unspecified atom stereocenters. The molecule has 6 nitrogen and oxygen atoms in total. The molecule has 1 atom stereocenters. The summed E-state index contributed by atoms with van der Waals surface area (Å²) >= 11 is 0. The fourth-order valence-electron chi connectivity index (χ4n) is 4.37. The smallest absolute Gasteiger partial charge is 0.200 e. The van der Waals surface area contributed by atoms with Gasteiger partial charge in [0.25, 0.3) is 0 Å². The maximum Gasteiger partial charge on any atom is 0.200 e. The zero-order chi connectivity index (χ0) is 22.7. The van der Waals surface area contributed by atoms with E-state index in [4.69, 9.17) is 14.5 Å². The number of nitrogens with zero attached hydrogens (tertiary/aromatic N) is 3. The molecule has 0 saturated carbocycles. The fraction of sp³-hybridized carbons (Fsp3) is 0.360. The molecule has 0 radical (unpaired) electrons. The van der Waals surface area contributed by atoms with Crippen LogP contribution in [0.2, 0.25) is 0 Å². The van der Waals surface area contributed by atoms with Gasteiger partial charge in [-0.15, -0.1) is 0 Å². The predicted molar refractivity (Wildman–Crippen MR) is 121 cm³/mol. The quantitative estimate of drug-likeness (QED) is 0.603. The van der Waals surface area contributed by atoms with Crippen molar-refractivity contribution in [1.82, 2.24) is 14.9 Å². The van der Waals surface area contributed by atoms with E-state index in [1.807, 2.05) is 25.3 Å². The molecular weight excluding hydrogens is 409 g/mol. The van der Waals surface area contributed by atoms with Crippen LogP contribution in [-0.2, 0) is 6.54 Å². The third-order valence-electron chi connectivity index (χ3n) is 5.93. The summed E-state index contributed by atoms with van der Waals surface area (Å²) in [5.74, 6) is 1.53. The zero-order valence-electron chi connectivity index (χ0n) is 18.6. The number of piperidine rings is 1. The van der Waals surface area contributed by atoms with Gasteiger partial charge in [0.15, 0.2) is 11.5 Å². The molecule has 1 aliphatic rings. The van der Waals surface area contributed by atoms with Gasteiger partial charge in [-0.05, 0) is 61.7 Å². The highest BCUT2D eigenvalue weighted by molar-refractivity contribution is 5.65. The number of aryl methyl sites for hydroxylation is 1. The Kier molecular flexibility index (Phi) is 6.55. The first-order chi connectivity index (χ1) is 15.5. The summed E-state index contributed by atoms with van der Waals surface area (Å²) in [4.78, 5) is 11.6. The number of phenols is 1. The van der Waals surface area contributed by atoms with Gasteiger partial charge >= 0.3 is 0 Å². The van der Waals surface area contributed by atoms with E-state index >= 15 is 0 Å². The van der Waals surface area contributed by atoms with Crippen LogP contribution >= 0.6 is 0 Å². The number of aromatic hydroxyl groups is 1. The van der Waals surface area contributed by atoms with E-state index in [1.54, 1.807) is 12.1 Å². The van der Waals surface area contributed by atoms with Gasteiger partial charge in [-0.1, -0.05) is 12.1 Å². The van der Waals surface area contributed by atoms with Gasteiger partial charge in [0.1, 0.15) is 11.6 Å². The average molecular weight is 438 g/mol. The van der Waals surface area contributed by atoms with Crippen molar-refractivity contribution in [3.63, 3.8) is 0 Å². The second kappa shape index (κ2) is 9.53. The Hall–Kier alpha value is -3.19. The van der Waals surface area contributed by atoms with Crippen molar-refractivity contribution in [3.05, 3.63) is 65.5 Å². The van der Waals surface area contributed by atoms with Crippen LogP contribution in [-0.4, -0.2) is 47.3 Å². The van der Waals surface area contributed by atoms with E-state index in [2.05, 4.69) is 9.88 Å². The zero-order valence-corrected chi connectivity index (χ0v) is 18.6. The van der Waals surface area contributed by atoms with E-state index in [0.29, 0.717) is 18.0 Å². The first-order valence-corrected chi connectivity index (χ1v) is 10.7. The lowest BCUT2D eigenvalue weighted by atomic mass is 9.89. The number of phenolic OH excluding ortho intramolecular Hbond substituents is 1. The van der Waals surface area contributed by atoms with E-state index in [9.17, 15) is 9.50 Å². The summed E-state index contributed by atoms with van der Waals surface area (Å²) in [6.45, 7) is 4.42. The number of rotatable bonds is 6. The summed E-state index contributed by atoms with van der Waals surface area (Å²) in [7, 11) is 3.06. The number of benzene rings is 2. The van der Waals surface area contributed by atoms with E-state index in [0.717, 1.165) is 54.1 Å². The Morgan fingerprint density at radius 2 is 1.81 bits per heavy atom. The number of methoxy groups -OCH3 is 2. The first kappa shape index (κ1) is 22.0. The van der Waals surface area contributed by atoms with Crippen molar-refractivity contribution in [2.45, 2.75) is 32.2 Å². The molecule has 0 aliphatic carbocycles. The molecule has 1 fully saturated rings. The molecule has 4 rings (SSSR count). The molecule has 3 aromatic rings. The number of hydrogen-bond acceptors (Lipinski definition) is 6. The van der Waals surface area contributed by atoms with Crippen molar-refractivity contribution in [1.29, 1.82) is 0 Å². The van der Waals surface area contributed by atoms with Crippen LogP contribution in [0, 0.1) is 12.7 Å². The molecule has 2 heterocycles. The van der Waals surface area contributed by atoms with Gasteiger partial charge in [-0.25, -0.2) is 14.4 Å². The van der Waals surface area contributed by atoms with Gasteiger partial charge in [-0.2, -0.15) is 0 Å². The lowest BCUT2D eigenvalue weighted by molar-refractivity contribution is 0.198. The summed E-state index contributed by atoms with van der Waals surface area (Å²) < 4.78 is 24.0. The van der Waals surface area contributed by atoms with Crippen LogP contribution in [0.3, 0.4) is 0 Å². The molecule has 0 bridgehead atoms. The van der Waals surface area contributed by atoms with Gasteiger partial charge in [-0.3, -0.25) is 4.90 Å². The summed E-state index contributed by atoms with van der Waals surface area (Å²) in [6.07, 6.45) is 3.92. The van der Waals surface area contributed by atoms with Gasteiger partial charge < -0.3 is 14.6 Å². The summed E-state index contributed by atoms with van der Waals surface area (Å²) in [6, 6.07) is 10.2. The number of ether oxygens (including phenoxy) is 2. The topological polar surface area (TPSA) is 67.7 Å². The molecule has 0 amide bonds. The van der Waals surface area contributed by atoms with E-state index in [1.165, 1.54) is 26.4 Å². The minimum absolute atomic E-state index is 0.00988. The molecule has 1 aromatic heterocycles. The van der Waals surface area contributed by atoms with E-state index in [-0.39, 0.29) is 17.5 Å². The highest BCUT2D eigenvalue weighted by Gasteiger charge is 2.26. The SMILES string of the molecule is COc1cc(CN2CCC[C@H](c3nc(C)ncc3-c3ccc(F)cc3)C2)cc(OC)c1O. The van der Waals surface area contributed by atoms with Crippen molar-refractivity contribution < 1.29 is 19.0 Å². The number of aromatic nitrogens is 2. The van der Waals surface area contributed by atoms with Crippen molar-refractivity contribution >= 4 is 0 Å². The number of hydrogen-bond donors (Lipinski definition) is 1. The normalized spacial score (nSPS) is 16.7. The third kappa shape index (κ3) is 4.67. The fourth-order valence-corrected chi connectivity index (χ4v) is 4.37. The lowest BCUT2D eigenvalue weighted by Crippen LogP contribution is -2.34. The highest BCUT2D eigenvalue weighted by Crippen LogP contribution is 2.38. The Labute approximate surface area is 187 Å². The van der Waals surface area contributed by atoms with Crippen LogP contribution < -0.4 is 9.47 Å². The largest absolute Gasteiger partial charge is 0.502 e. The Morgan fingerprint density at radius 3 is 2.47 bits per heavy atom. The average Bonchev–Trinajstić information content (AvgIpc) is 2.81. The van der Waals surface area contributed by atoms with Crippen molar-refractivity contribution in [2.24, 2.45) is 0 Å². The Balaban J connectivity index is 1.59. The molecule has 32 heavy (non-hydrogen) atoms. The maximum atomic E-state index is 13.4. The van der Waals surface area contributed by atoms with Crippen LogP contribution in [0.25, 0.3) is 11.1 Å². The summed E-state index contributed by atoms with van der Waals surface area (Å²) in [5, 5.41) is 10.2. The van der Waals surface area contributed by atoms with Crippen LogP contribution in [0.4, 0.5) is 4.39 Å². The van der Waals surface area contributed by atoms with Crippen molar-refractivity contribution in [2.75, 3.05) is 27.3 Å².